The molecule has 8 nitrogen and oxygen atoms in total. The first-order chi connectivity index (χ1) is 15.7. The van der Waals surface area contributed by atoms with E-state index < -0.39 is 0 Å². The second-order valence-electron chi connectivity index (χ2n) is 7.96. The fourth-order valence-corrected chi connectivity index (χ4v) is 4.18. The number of fused-ring (bicyclic) bond motifs is 5. The van der Waals surface area contributed by atoms with E-state index in [0.717, 1.165) is 23.1 Å². The van der Waals surface area contributed by atoms with Gasteiger partial charge in [0, 0.05) is 12.1 Å². The molecular weight excluding hydrogens is 406 g/mol. The lowest BCUT2D eigenvalue weighted by Crippen LogP contribution is -2.23. The summed E-state index contributed by atoms with van der Waals surface area (Å²) in [6.07, 6.45) is 2.44. The summed E-state index contributed by atoms with van der Waals surface area (Å²) in [7, 11) is 0. The van der Waals surface area contributed by atoms with Gasteiger partial charge in [-0.05, 0) is 37.6 Å². The van der Waals surface area contributed by atoms with Gasteiger partial charge in [0.1, 0.15) is 30.4 Å². The lowest BCUT2D eigenvalue weighted by Gasteiger charge is -2.19. The second kappa shape index (κ2) is 7.05. The van der Waals surface area contributed by atoms with Crippen molar-refractivity contribution >= 4 is 33.2 Å². The number of benzene rings is 2. The molecule has 5 aromatic rings. The standard InChI is InChI=1S/C24H21N5O3/c1-3-14(2)28-13-25-22-20(24(28)30)21-23(27-17-7-5-4-6-16(17)26-21)29(22)15-8-9-18-19(12-15)32-11-10-31-18/h4-9,12-14H,3,10-11H2,1-2H3/t14-/m1/s1. The number of hydrogen-bond donors (Lipinski definition) is 0. The molecule has 0 aliphatic carbocycles. The maximum absolute atomic E-state index is 13.6. The van der Waals surface area contributed by atoms with E-state index in [1.807, 2.05) is 60.9 Å². The molecular formula is C24H21N5O3. The quantitative estimate of drug-likeness (QED) is 0.432. The summed E-state index contributed by atoms with van der Waals surface area (Å²) in [5.74, 6) is 1.36. The molecule has 0 amide bonds. The number of nitrogens with zero attached hydrogens (tertiary/aromatic N) is 5. The Balaban J connectivity index is 1.74. The van der Waals surface area contributed by atoms with Crippen molar-refractivity contribution in [3.05, 3.63) is 59.1 Å². The zero-order valence-corrected chi connectivity index (χ0v) is 17.8. The van der Waals surface area contributed by atoms with E-state index in [1.54, 1.807) is 10.9 Å². The number of ether oxygens (including phenoxy) is 2. The maximum Gasteiger partial charge on any atom is 0.265 e. The molecule has 2 aromatic carbocycles. The van der Waals surface area contributed by atoms with Gasteiger partial charge in [-0.1, -0.05) is 19.1 Å². The average molecular weight is 427 g/mol. The average Bonchev–Trinajstić information content (AvgIpc) is 3.16. The van der Waals surface area contributed by atoms with Gasteiger partial charge >= 0.3 is 0 Å². The highest BCUT2D eigenvalue weighted by atomic mass is 16.6. The molecule has 0 N–H and O–H groups in total. The van der Waals surface area contributed by atoms with Gasteiger partial charge in [-0.15, -0.1) is 0 Å². The smallest absolute Gasteiger partial charge is 0.265 e. The van der Waals surface area contributed by atoms with Gasteiger partial charge in [-0.25, -0.2) is 15.0 Å². The normalized spacial score (nSPS) is 14.3. The number of para-hydroxylation sites is 2. The molecule has 0 unspecified atom stereocenters. The van der Waals surface area contributed by atoms with E-state index in [2.05, 4.69) is 0 Å². The van der Waals surface area contributed by atoms with E-state index in [1.165, 1.54) is 0 Å². The van der Waals surface area contributed by atoms with Crippen molar-refractivity contribution in [2.45, 2.75) is 26.3 Å². The van der Waals surface area contributed by atoms with Crippen molar-refractivity contribution in [2.24, 2.45) is 0 Å². The molecule has 160 valence electrons. The summed E-state index contributed by atoms with van der Waals surface area (Å²) < 4.78 is 15.0. The molecule has 0 fully saturated rings. The number of aromatic nitrogens is 5. The van der Waals surface area contributed by atoms with Crippen molar-refractivity contribution in [1.82, 2.24) is 24.1 Å². The topological polar surface area (TPSA) is 84.1 Å². The third-order valence-corrected chi connectivity index (χ3v) is 6.04. The van der Waals surface area contributed by atoms with E-state index >= 15 is 0 Å². The lowest BCUT2D eigenvalue weighted by atomic mass is 10.2. The molecule has 1 aliphatic rings. The van der Waals surface area contributed by atoms with Crippen LogP contribution in [0, 0.1) is 0 Å². The van der Waals surface area contributed by atoms with Gasteiger partial charge in [-0.3, -0.25) is 13.9 Å². The number of rotatable bonds is 3. The maximum atomic E-state index is 13.6. The van der Waals surface area contributed by atoms with Crippen LogP contribution in [0.25, 0.3) is 38.9 Å². The molecule has 4 heterocycles. The lowest BCUT2D eigenvalue weighted by molar-refractivity contribution is 0.171. The molecule has 0 radical (unpaired) electrons. The highest BCUT2D eigenvalue weighted by molar-refractivity contribution is 6.05. The molecule has 0 spiro atoms. The Labute approximate surface area is 183 Å². The predicted octanol–water partition coefficient (Wildman–Crippen LogP) is 4.03. The van der Waals surface area contributed by atoms with Crippen molar-refractivity contribution < 1.29 is 9.47 Å². The van der Waals surface area contributed by atoms with Crippen LogP contribution in [0.2, 0.25) is 0 Å². The summed E-state index contributed by atoms with van der Waals surface area (Å²) in [6, 6.07) is 13.4. The van der Waals surface area contributed by atoms with Crippen LogP contribution in [-0.2, 0) is 0 Å². The van der Waals surface area contributed by atoms with Crippen molar-refractivity contribution in [3.63, 3.8) is 0 Å². The molecule has 8 heteroatoms. The first-order valence-corrected chi connectivity index (χ1v) is 10.7. The van der Waals surface area contributed by atoms with Gasteiger partial charge < -0.3 is 9.47 Å². The SMILES string of the molecule is CC[C@@H](C)n1cnc2c(c1=O)c1nc3ccccc3nc1n2-c1ccc2c(c1)OCCO2. The Hall–Kier alpha value is -3.94. The monoisotopic (exact) mass is 427 g/mol. The Morgan fingerprint density at radius 3 is 2.53 bits per heavy atom. The van der Waals surface area contributed by atoms with Crippen molar-refractivity contribution in [3.8, 4) is 17.2 Å². The molecule has 3 aromatic heterocycles. The van der Waals surface area contributed by atoms with E-state index in [-0.39, 0.29) is 11.6 Å². The van der Waals surface area contributed by atoms with Crippen LogP contribution in [0.1, 0.15) is 26.3 Å². The van der Waals surface area contributed by atoms with Gasteiger partial charge in [0.05, 0.1) is 16.7 Å². The van der Waals surface area contributed by atoms with E-state index in [0.29, 0.717) is 46.9 Å². The zero-order valence-electron chi connectivity index (χ0n) is 17.8. The minimum Gasteiger partial charge on any atom is -0.486 e. The molecule has 0 saturated heterocycles. The Morgan fingerprint density at radius 2 is 1.75 bits per heavy atom. The summed E-state index contributed by atoms with van der Waals surface area (Å²) in [5.41, 5.74) is 3.81. The summed E-state index contributed by atoms with van der Waals surface area (Å²) in [5, 5.41) is 0.468. The van der Waals surface area contributed by atoms with E-state index in [4.69, 9.17) is 24.4 Å². The molecule has 6 rings (SSSR count). The summed E-state index contributed by atoms with van der Waals surface area (Å²) in [6.45, 7) is 5.07. The molecule has 0 bridgehead atoms. The third kappa shape index (κ3) is 2.69. The molecule has 1 aliphatic heterocycles. The Bertz CT molecular complexity index is 1570. The Morgan fingerprint density at radius 1 is 1.00 bits per heavy atom. The van der Waals surface area contributed by atoms with Gasteiger partial charge in [0.15, 0.2) is 22.8 Å². The van der Waals surface area contributed by atoms with Crippen LogP contribution < -0.4 is 15.0 Å². The number of hydrogen-bond acceptors (Lipinski definition) is 6. The first kappa shape index (κ1) is 18.8. The van der Waals surface area contributed by atoms with Crippen molar-refractivity contribution in [1.29, 1.82) is 0 Å². The highest BCUT2D eigenvalue weighted by Gasteiger charge is 2.23. The highest BCUT2D eigenvalue weighted by Crippen LogP contribution is 2.35. The van der Waals surface area contributed by atoms with Gasteiger partial charge in [0.25, 0.3) is 5.56 Å². The Kier molecular flexibility index (Phi) is 4.14. The fourth-order valence-electron chi connectivity index (χ4n) is 4.18. The largest absolute Gasteiger partial charge is 0.486 e. The summed E-state index contributed by atoms with van der Waals surface area (Å²) >= 11 is 0. The molecule has 1 atom stereocenters. The van der Waals surface area contributed by atoms with Crippen LogP contribution in [0.3, 0.4) is 0 Å². The van der Waals surface area contributed by atoms with Crippen molar-refractivity contribution in [2.75, 3.05) is 13.2 Å². The minimum atomic E-state index is -0.116. The van der Waals surface area contributed by atoms with Gasteiger partial charge in [-0.2, -0.15) is 0 Å². The predicted molar refractivity (Wildman–Crippen MR) is 122 cm³/mol. The fraction of sp³-hybridized carbons (Fsp3) is 0.250. The van der Waals surface area contributed by atoms with E-state index in [9.17, 15) is 4.79 Å². The van der Waals surface area contributed by atoms with Gasteiger partial charge in [0.2, 0.25) is 0 Å². The minimum absolute atomic E-state index is 0.0282. The van der Waals surface area contributed by atoms with Crippen LogP contribution in [-0.4, -0.2) is 37.3 Å². The van der Waals surface area contributed by atoms with Crippen LogP contribution >= 0.6 is 0 Å². The van der Waals surface area contributed by atoms with Crippen LogP contribution in [0.15, 0.2) is 53.6 Å². The molecule has 0 saturated carbocycles. The van der Waals surface area contributed by atoms with Crippen LogP contribution in [0.4, 0.5) is 0 Å². The third-order valence-electron chi connectivity index (χ3n) is 6.04. The molecule has 32 heavy (non-hydrogen) atoms. The second-order valence-corrected chi connectivity index (χ2v) is 7.96. The first-order valence-electron chi connectivity index (χ1n) is 10.7. The zero-order chi connectivity index (χ0) is 21.8. The van der Waals surface area contributed by atoms with Crippen LogP contribution in [0.5, 0.6) is 11.5 Å². The summed E-state index contributed by atoms with van der Waals surface area (Å²) in [4.78, 5) is 28.0.